The predicted molar refractivity (Wildman–Crippen MR) is 70.4 cm³/mol. The van der Waals surface area contributed by atoms with Crippen LogP contribution < -0.4 is 5.32 Å². The van der Waals surface area contributed by atoms with Crippen molar-refractivity contribution in [3.05, 3.63) is 12.2 Å². The third-order valence-electron chi connectivity index (χ3n) is 2.99. The molecule has 0 aromatic heterocycles. The van der Waals surface area contributed by atoms with Crippen LogP contribution in [0.2, 0.25) is 0 Å². The summed E-state index contributed by atoms with van der Waals surface area (Å²) in [5.74, 6) is 0. The van der Waals surface area contributed by atoms with E-state index in [0.717, 1.165) is 32.0 Å². The Bertz CT molecular complexity index is 322. The van der Waals surface area contributed by atoms with Gasteiger partial charge in [0.15, 0.2) is 0 Å². The first kappa shape index (κ1) is 14.7. The summed E-state index contributed by atoms with van der Waals surface area (Å²) < 4.78 is 5.27. The maximum absolute atomic E-state index is 11.8. The second-order valence-corrected chi connectivity index (χ2v) is 5.84. The first-order valence-electron chi connectivity index (χ1n) is 6.51. The second-order valence-electron chi connectivity index (χ2n) is 5.84. The summed E-state index contributed by atoms with van der Waals surface area (Å²) in [4.78, 5) is 22.3. The second kappa shape index (κ2) is 6.03. The van der Waals surface area contributed by atoms with Gasteiger partial charge in [0, 0.05) is 0 Å². The molecule has 102 valence electrons. The van der Waals surface area contributed by atoms with Crippen molar-refractivity contribution >= 4 is 12.4 Å². The van der Waals surface area contributed by atoms with E-state index in [1.54, 1.807) is 6.08 Å². The van der Waals surface area contributed by atoms with Crippen LogP contribution in [0.25, 0.3) is 0 Å². The largest absolute Gasteiger partial charge is 0.444 e. The standard InChI is InChI=1S/C14H23NO3/c1-13(2,3)18-12(17)15-14(10-7-11-16)8-5-4-6-9-14/h7,10-11H,4-6,8-9H2,1-3H3,(H,15,17)/b10-7+. The number of ether oxygens (including phenoxy) is 1. The Hall–Kier alpha value is -1.32. The molecule has 1 fully saturated rings. The molecular weight excluding hydrogens is 230 g/mol. The summed E-state index contributed by atoms with van der Waals surface area (Å²) in [6.45, 7) is 5.50. The molecule has 0 aromatic carbocycles. The van der Waals surface area contributed by atoms with Crippen LogP contribution in [0.3, 0.4) is 0 Å². The number of hydrogen-bond donors (Lipinski definition) is 1. The van der Waals surface area contributed by atoms with Crippen molar-refractivity contribution in [3.8, 4) is 0 Å². The molecule has 0 bridgehead atoms. The Balaban J connectivity index is 2.69. The molecule has 0 unspecified atom stereocenters. The normalized spacial score (nSPS) is 19.5. The van der Waals surface area contributed by atoms with Gasteiger partial charge in [-0.25, -0.2) is 4.79 Å². The van der Waals surface area contributed by atoms with E-state index in [9.17, 15) is 9.59 Å². The average Bonchev–Trinajstić information content (AvgIpc) is 2.25. The van der Waals surface area contributed by atoms with Gasteiger partial charge in [-0.05, 0) is 39.7 Å². The Morgan fingerprint density at radius 3 is 2.33 bits per heavy atom. The third-order valence-corrected chi connectivity index (χ3v) is 2.99. The highest BCUT2D eigenvalue weighted by atomic mass is 16.6. The number of carbonyl (C=O) groups excluding carboxylic acids is 2. The van der Waals surface area contributed by atoms with Crippen LogP contribution in [0.4, 0.5) is 4.79 Å². The van der Waals surface area contributed by atoms with Gasteiger partial charge < -0.3 is 10.1 Å². The molecule has 0 aliphatic heterocycles. The Labute approximate surface area is 109 Å². The fourth-order valence-electron chi connectivity index (χ4n) is 2.25. The van der Waals surface area contributed by atoms with Crippen LogP contribution in [0.15, 0.2) is 12.2 Å². The van der Waals surface area contributed by atoms with Crippen molar-refractivity contribution in [3.63, 3.8) is 0 Å². The summed E-state index contributed by atoms with van der Waals surface area (Å²) in [6, 6.07) is 0. The van der Waals surface area contributed by atoms with Gasteiger partial charge in [0.2, 0.25) is 0 Å². The number of hydrogen-bond acceptors (Lipinski definition) is 3. The molecule has 0 heterocycles. The molecule has 1 aliphatic rings. The van der Waals surface area contributed by atoms with Gasteiger partial charge >= 0.3 is 6.09 Å². The van der Waals surface area contributed by atoms with Gasteiger partial charge in [0.05, 0.1) is 5.54 Å². The molecule has 4 nitrogen and oxygen atoms in total. The van der Waals surface area contributed by atoms with Crippen LogP contribution in [0.1, 0.15) is 52.9 Å². The lowest BCUT2D eigenvalue weighted by atomic mass is 9.81. The maximum atomic E-state index is 11.8. The molecule has 0 aromatic rings. The van der Waals surface area contributed by atoms with Crippen LogP contribution in [-0.2, 0) is 9.53 Å². The first-order valence-corrected chi connectivity index (χ1v) is 6.51. The molecule has 1 N–H and O–H groups in total. The van der Waals surface area contributed by atoms with Crippen LogP contribution in [0.5, 0.6) is 0 Å². The highest BCUT2D eigenvalue weighted by Gasteiger charge is 2.32. The lowest BCUT2D eigenvalue weighted by Crippen LogP contribution is -2.49. The number of carbonyl (C=O) groups is 2. The lowest BCUT2D eigenvalue weighted by Gasteiger charge is -2.36. The van der Waals surface area contributed by atoms with Gasteiger partial charge in [-0.3, -0.25) is 4.79 Å². The predicted octanol–water partition coefficient (Wildman–Crippen LogP) is 2.97. The molecule has 1 rings (SSSR count). The van der Waals surface area contributed by atoms with E-state index in [-0.39, 0.29) is 0 Å². The van der Waals surface area contributed by atoms with E-state index in [4.69, 9.17) is 4.74 Å². The molecule has 0 saturated heterocycles. The molecule has 18 heavy (non-hydrogen) atoms. The summed E-state index contributed by atoms with van der Waals surface area (Å²) in [5.41, 5.74) is -0.921. The minimum atomic E-state index is -0.506. The zero-order chi connectivity index (χ0) is 13.6. The molecule has 4 heteroatoms. The van der Waals surface area contributed by atoms with Crippen LogP contribution >= 0.6 is 0 Å². The smallest absolute Gasteiger partial charge is 0.408 e. The van der Waals surface area contributed by atoms with E-state index in [1.165, 1.54) is 12.5 Å². The molecule has 1 aliphatic carbocycles. The van der Waals surface area contributed by atoms with E-state index in [0.29, 0.717) is 0 Å². The minimum Gasteiger partial charge on any atom is -0.444 e. The van der Waals surface area contributed by atoms with E-state index in [1.807, 2.05) is 20.8 Å². The molecule has 0 spiro atoms. The fraction of sp³-hybridized carbons (Fsp3) is 0.714. The number of allylic oxidation sites excluding steroid dienone is 1. The molecular formula is C14H23NO3. The average molecular weight is 253 g/mol. The number of amides is 1. The third kappa shape index (κ3) is 4.90. The zero-order valence-corrected chi connectivity index (χ0v) is 11.5. The van der Waals surface area contributed by atoms with Crippen LogP contribution in [-0.4, -0.2) is 23.5 Å². The van der Waals surface area contributed by atoms with Crippen molar-refractivity contribution in [2.75, 3.05) is 0 Å². The van der Waals surface area contributed by atoms with Crippen molar-refractivity contribution < 1.29 is 14.3 Å². The summed E-state index contributed by atoms with van der Waals surface area (Å²) in [5, 5.41) is 2.92. The SMILES string of the molecule is CC(C)(C)OC(=O)NC1(/C=C/C=O)CCCCC1. The fourth-order valence-corrected chi connectivity index (χ4v) is 2.25. The molecule has 0 radical (unpaired) electrons. The Morgan fingerprint density at radius 1 is 1.22 bits per heavy atom. The number of rotatable bonds is 3. The maximum Gasteiger partial charge on any atom is 0.408 e. The summed E-state index contributed by atoms with van der Waals surface area (Å²) >= 11 is 0. The van der Waals surface area contributed by atoms with Crippen LogP contribution in [0, 0.1) is 0 Å². The Kier molecular flexibility index (Phi) is 4.93. The van der Waals surface area contributed by atoms with E-state index in [2.05, 4.69) is 5.32 Å². The minimum absolute atomic E-state index is 0.415. The van der Waals surface area contributed by atoms with Crippen molar-refractivity contribution in [1.82, 2.24) is 5.32 Å². The summed E-state index contributed by atoms with van der Waals surface area (Å²) in [6.07, 6.45) is 8.58. The molecule has 1 amide bonds. The highest BCUT2D eigenvalue weighted by molar-refractivity contribution is 5.70. The lowest BCUT2D eigenvalue weighted by molar-refractivity contribution is -0.104. The van der Waals surface area contributed by atoms with E-state index >= 15 is 0 Å². The first-order chi connectivity index (χ1) is 8.37. The quantitative estimate of drug-likeness (QED) is 0.621. The molecule has 1 saturated carbocycles. The summed E-state index contributed by atoms with van der Waals surface area (Å²) in [7, 11) is 0. The van der Waals surface area contributed by atoms with Gasteiger partial charge in [0.25, 0.3) is 0 Å². The topological polar surface area (TPSA) is 55.4 Å². The van der Waals surface area contributed by atoms with Gasteiger partial charge in [-0.15, -0.1) is 0 Å². The van der Waals surface area contributed by atoms with E-state index < -0.39 is 17.2 Å². The van der Waals surface area contributed by atoms with Crippen molar-refractivity contribution in [1.29, 1.82) is 0 Å². The van der Waals surface area contributed by atoms with Crippen molar-refractivity contribution in [2.45, 2.75) is 64.0 Å². The number of aldehydes is 1. The number of nitrogens with one attached hydrogen (secondary N) is 1. The van der Waals surface area contributed by atoms with Gasteiger partial charge in [-0.2, -0.15) is 0 Å². The van der Waals surface area contributed by atoms with Gasteiger partial charge in [-0.1, -0.05) is 25.3 Å². The highest BCUT2D eigenvalue weighted by Crippen LogP contribution is 2.29. The molecule has 0 atom stereocenters. The number of alkyl carbamates (subject to hydrolysis) is 1. The monoisotopic (exact) mass is 253 g/mol. The van der Waals surface area contributed by atoms with Gasteiger partial charge in [0.1, 0.15) is 11.9 Å². The zero-order valence-electron chi connectivity index (χ0n) is 11.5. The van der Waals surface area contributed by atoms with Crippen molar-refractivity contribution in [2.24, 2.45) is 0 Å². The Morgan fingerprint density at radius 2 is 1.83 bits per heavy atom.